The summed E-state index contributed by atoms with van der Waals surface area (Å²) in [6.45, 7) is 5.41. The van der Waals surface area contributed by atoms with Gasteiger partial charge in [-0.25, -0.2) is 0 Å². The van der Waals surface area contributed by atoms with Crippen LogP contribution in [0.3, 0.4) is 0 Å². The molecule has 2 amide bonds. The number of nitrogens with zero attached hydrogens (tertiary/aromatic N) is 3. The van der Waals surface area contributed by atoms with E-state index in [0.717, 1.165) is 6.54 Å². The molecule has 1 saturated carbocycles. The molecule has 122 valence electrons. The van der Waals surface area contributed by atoms with Gasteiger partial charge in [0.1, 0.15) is 0 Å². The highest BCUT2D eigenvalue weighted by Crippen LogP contribution is 2.24. The SMILES string of the molecule is CCN1C(=O)C(C=NCC2CCCCC2)C(=O)N(CC)C1=S. The van der Waals surface area contributed by atoms with Gasteiger partial charge < -0.3 is 0 Å². The van der Waals surface area contributed by atoms with Gasteiger partial charge in [0.05, 0.1) is 0 Å². The molecule has 6 heteroatoms. The molecule has 1 heterocycles. The van der Waals surface area contributed by atoms with Crippen molar-refractivity contribution in [1.82, 2.24) is 9.80 Å². The van der Waals surface area contributed by atoms with Gasteiger partial charge in [0.2, 0.25) is 11.8 Å². The van der Waals surface area contributed by atoms with Gasteiger partial charge in [0.25, 0.3) is 0 Å². The average Bonchev–Trinajstić information content (AvgIpc) is 2.52. The summed E-state index contributed by atoms with van der Waals surface area (Å²) in [5.74, 6) is -0.691. The van der Waals surface area contributed by atoms with Crippen molar-refractivity contribution < 1.29 is 9.59 Å². The van der Waals surface area contributed by atoms with Gasteiger partial charge in [-0.05, 0) is 44.8 Å². The van der Waals surface area contributed by atoms with Gasteiger partial charge in [0.15, 0.2) is 11.0 Å². The maximum atomic E-state index is 12.4. The number of hydrogen-bond acceptors (Lipinski definition) is 4. The third-order valence-electron chi connectivity index (χ3n) is 4.50. The quantitative estimate of drug-likeness (QED) is 0.443. The lowest BCUT2D eigenvalue weighted by Crippen LogP contribution is -2.59. The molecule has 0 aromatic heterocycles. The molecule has 0 spiro atoms. The Kier molecular flexibility index (Phi) is 6.06. The molecule has 1 aliphatic heterocycles. The number of aliphatic imine (C=N–C) groups is 1. The summed E-state index contributed by atoms with van der Waals surface area (Å²) >= 11 is 5.23. The number of rotatable bonds is 5. The standard InChI is InChI=1S/C16H25N3O2S/c1-3-18-14(20)13(15(21)19(4-2)16(18)22)11-17-10-12-8-6-5-7-9-12/h11-13H,3-10H2,1-2H3. The molecule has 0 radical (unpaired) electrons. The molecule has 2 rings (SSSR count). The second-order valence-electron chi connectivity index (χ2n) is 5.94. The lowest BCUT2D eigenvalue weighted by molar-refractivity contribution is -0.143. The molecule has 1 aliphatic carbocycles. The highest BCUT2D eigenvalue weighted by atomic mass is 32.1. The second-order valence-corrected chi connectivity index (χ2v) is 6.31. The molecular weight excluding hydrogens is 298 g/mol. The van der Waals surface area contributed by atoms with E-state index >= 15 is 0 Å². The first kappa shape index (κ1) is 17.1. The van der Waals surface area contributed by atoms with Crippen molar-refractivity contribution >= 4 is 35.4 Å². The summed E-state index contributed by atoms with van der Waals surface area (Å²) in [5, 5.41) is 0.317. The van der Waals surface area contributed by atoms with Crippen LogP contribution in [-0.4, -0.2) is 52.6 Å². The molecule has 0 aromatic rings. The Balaban J connectivity index is 2.05. The minimum Gasteiger partial charge on any atom is -0.296 e. The average molecular weight is 323 g/mol. The van der Waals surface area contributed by atoms with Crippen molar-refractivity contribution in [3.63, 3.8) is 0 Å². The fourth-order valence-electron chi connectivity index (χ4n) is 3.17. The van der Waals surface area contributed by atoms with E-state index in [1.54, 1.807) is 6.21 Å². The Morgan fingerprint density at radius 3 is 2.14 bits per heavy atom. The Labute approximate surface area is 137 Å². The summed E-state index contributed by atoms with van der Waals surface area (Å²) in [6, 6.07) is 0. The van der Waals surface area contributed by atoms with Crippen molar-refractivity contribution in [3.05, 3.63) is 0 Å². The molecule has 0 N–H and O–H groups in total. The largest absolute Gasteiger partial charge is 0.296 e. The van der Waals surface area contributed by atoms with Crippen LogP contribution in [0.1, 0.15) is 46.0 Å². The number of hydrogen-bond donors (Lipinski definition) is 0. The molecule has 0 unspecified atom stereocenters. The van der Waals surface area contributed by atoms with Gasteiger partial charge in [-0.1, -0.05) is 19.3 Å². The lowest BCUT2D eigenvalue weighted by atomic mass is 9.89. The zero-order valence-corrected chi connectivity index (χ0v) is 14.3. The highest BCUT2D eigenvalue weighted by Gasteiger charge is 2.41. The summed E-state index contributed by atoms with van der Waals surface area (Å²) in [6.07, 6.45) is 7.80. The second kappa shape index (κ2) is 7.81. The molecule has 0 aromatic carbocycles. The fraction of sp³-hybridized carbons (Fsp3) is 0.750. The van der Waals surface area contributed by atoms with Crippen LogP contribution in [0.15, 0.2) is 4.99 Å². The van der Waals surface area contributed by atoms with E-state index in [1.165, 1.54) is 41.9 Å². The van der Waals surface area contributed by atoms with Crippen molar-refractivity contribution in [2.45, 2.75) is 46.0 Å². The molecule has 0 bridgehead atoms. The topological polar surface area (TPSA) is 53.0 Å². The number of thiocarbonyl (C=S) groups is 1. The monoisotopic (exact) mass is 323 g/mol. The highest BCUT2D eigenvalue weighted by molar-refractivity contribution is 7.80. The van der Waals surface area contributed by atoms with Crippen LogP contribution in [0.25, 0.3) is 0 Å². The van der Waals surface area contributed by atoms with Gasteiger partial charge in [-0.15, -0.1) is 0 Å². The number of carbonyl (C=O) groups excluding carboxylic acids is 2. The first-order valence-corrected chi connectivity index (χ1v) is 8.67. The smallest absolute Gasteiger partial charge is 0.246 e. The molecule has 5 nitrogen and oxygen atoms in total. The third kappa shape index (κ3) is 3.54. The van der Waals surface area contributed by atoms with Crippen LogP contribution in [0.4, 0.5) is 0 Å². The minimum absolute atomic E-state index is 0.241. The van der Waals surface area contributed by atoms with Crippen molar-refractivity contribution in [3.8, 4) is 0 Å². The first-order chi connectivity index (χ1) is 10.6. The van der Waals surface area contributed by atoms with E-state index in [1.807, 2.05) is 13.8 Å². The van der Waals surface area contributed by atoms with Gasteiger partial charge in [-0.3, -0.25) is 24.4 Å². The van der Waals surface area contributed by atoms with E-state index in [0.29, 0.717) is 24.1 Å². The predicted octanol–water partition coefficient (Wildman–Crippen LogP) is 2.25. The van der Waals surface area contributed by atoms with Crippen molar-refractivity contribution in [2.75, 3.05) is 19.6 Å². The maximum Gasteiger partial charge on any atom is 0.246 e. The summed E-state index contributed by atoms with van der Waals surface area (Å²) < 4.78 is 0. The van der Waals surface area contributed by atoms with Crippen LogP contribution < -0.4 is 0 Å². The van der Waals surface area contributed by atoms with E-state index in [4.69, 9.17) is 12.2 Å². The van der Waals surface area contributed by atoms with E-state index < -0.39 is 5.92 Å². The molecule has 22 heavy (non-hydrogen) atoms. The molecule has 0 atom stereocenters. The Morgan fingerprint density at radius 1 is 1.09 bits per heavy atom. The number of amides is 2. The van der Waals surface area contributed by atoms with E-state index in [2.05, 4.69) is 4.99 Å². The van der Waals surface area contributed by atoms with Crippen molar-refractivity contribution in [2.24, 2.45) is 16.8 Å². The Hall–Kier alpha value is -1.30. The van der Waals surface area contributed by atoms with Crippen LogP contribution in [0.5, 0.6) is 0 Å². The first-order valence-electron chi connectivity index (χ1n) is 8.26. The van der Waals surface area contributed by atoms with E-state index in [-0.39, 0.29) is 11.8 Å². The summed E-state index contributed by atoms with van der Waals surface area (Å²) in [5.41, 5.74) is 0. The Bertz CT molecular complexity index is 446. The Morgan fingerprint density at radius 2 is 1.64 bits per heavy atom. The van der Waals surface area contributed by atoms with Gasteiger partial charge in [-0.2, -0.15) is 0 Å². The minimum atomic E-state index is -0.810. The molecule has 2 fully saturated rings. The van der Waals surface area contributed by atoms with Crippen molar-refractivity contribution in [1.29, 1.82) is 0 Å². The molecular formula is C16H25N3O2S. The maximum absolute atomic E-state index is 12.4. The van der Waals surface area contributed by atoms with E-state index in [9.17, 15) is 9.59 Å². The summed E-state index contributed by atoms with van der Waals surface area (Å²) in [7, 11) is 0. The van der Waals surface area contributed by atoms with Crippen LogP contribution in [0.2, 0.25) is 0 Å². The van der Waals surface area contributed by atoms with Crippen LogP contribution in [-0.2, 0) is 9.59 Å². The predicted molar refractivity (Wildman–Crippen MR) is 90.8 cm³/mol. The normalized spacial score (nSPS) is 22.2. The van der Waals surface area contributed by atoms with Gasteiger partial charge in [0, 0.05) is 25.8 Å². The lowest BCUT2D eigenvalue weighted by Gasteiger charge is -2.37. The number of carbonyl (C=O) groups is 2. The zero-order valence-electron chi connectivity index (χ0n) is 13.5. The molecule has 1 saturated heterocycles. The van der Waals surface area contributed by atoms with Gasteiger partial charge >= 0.3 is 0 Å². The van der Waals surface area contributed by atoms with Crippen LogP contribution in [0, 0.1) is 11.8 Å². The fourth-order valence-corrected chi connectivity index (χ4v) is 3.61. The summed E-state index contributed by atoms with van der Waals surface area (Å²) in [4.78, 5) is 32.3. The zero-order chi connectivity index (χ0) is 16.1. The third-order valence-corrected chi connectivity index (χ3v) is 4.94. The van der Waals surface area contributed by atoms with Crippen LogP contribution >= 0.6 is 12.2 Å². The molecule has 2 aliphatic rings.